The lowest BCUT2D eigenvalue weighted by atomic mass is 10.1. The molecule has 194 valence electrons. The summed E-state index contributed by atoms with van der Waals surface area (Å²) in [5.74, 6) is -2.59. The third-order valence-corrected chi connectivity index (χ3v) is 5.42. The van der Waals surface area contributed by atoms with Crippen molar-refractivity contribution in [2.75, 3.05) is 10.6 Å². The van der Waals surface area contributed by atoms with Crippen LogP contribution in [0, 0.1) is 6.92 Å². The van der Waals surface area contributed by atoms with Gasteiger partial charge in [0.25, 0.3) is 5.91 Å². The Hall–Kier alpha value is -5.57. The van der Waals surface area contributed by atoms with Gasteiger partial charge >= 0.3 is 17.8 Å². The van der Waals surface area contributed by atoms with Crippen LogP contribution in [0.5, 0.6) is 5.75 Å². The number of para-hydroxylation sites is 1. The molecule has 0 saturated carbocycles. The second-order valence-electron chi connectivity index (χ2n) is 8.34. The van der Waals surface area contributed by atoms with Crippen LogP contribution in [0.25, 0.3) is 0 Å². The van der Waals surface area contributed by atoms with E-state index in [0.29, 0.717) is 22.6 Å². The molecule has 4 rings (SSSR count). The van der Waals surface area contributed by atoms with Gasteiger partial charge in [-0.05, 0) is 73.2 Å². The van der Waals surface area contributed by atoms with Crippen molar-refractivity contribution in [2.45, 2.75) is 6.92 Å². The Morgan fingerprint density at radius 1 is 0.718 bits per heavy atom. The predicted octanol–water partition coefficient (Wildman–Crippen LogP) is 4.56. The second-order valence-corrected chi connectivity index (χ2v) is 8.34. The lowest BCUT2D eigenvalue weighted by Gasteiger charge is -2.11. The zero-order valence-electron chi connectivity index (χ0n) is 20.9. The van der Waals surface area contributed by atoms with Crippen LogP contribution < -0.4 is 20.8 Å². The van der Waals surface area contributed by atoms with E-state index < -0.39 is 23.7 Å². The summed E-state index contributed by atoms with van der Waals surface area (Å²) >= 11 is 0. The number of carbonyl (C=O) groups excluding carboxylic acids is 4. The Bertz CT molecular complexity index is 1520. The number of ether oxygens (including phenoxy) is 1. The van der Waals surface area contributed by atoms with E-state index in [1.165, 1.54) is 18.3 Å². The minimum Gasteiger partial charge on any atom is -0.423 e. The molecular weight excluding hydrogens is 496 g/mol. The van der Waals surface area contributed by atoms with E-state index in [4.69, 9.17) is 4.74 Å². The first-order valence-electron chi connectivity index (χ1n) is 11.9. The fourth-order valence-corrected chi connectivity index (χ4v) is 3.38. The monoisotopic (exact) mass is 520 g/mol. The van der Waals surface area contributed by atoms with Crippen molar-refractivity contribution in [3.8, 4) is 5.75 Å². The molecule has 0 atom stereocenters. The highest BCUT2D eigenvalue weighted by atomic mass is 16.5. The van der Waals surface area contributed by atoms with Crippen molar-refractivity contribution in [1.82, 2.24) is 5.43 Å². The molecule has 0 aliphatic heterocycles. The normalized spacial score (nSPS) is 10.5. The van der Waals surface area contributed by atoms with E-state index in [0.717, 1.165) is 5.56 Å². The molecule has 3 amide bonds. The Morgan fingerprint density at radius 3 is 2.10 bits per heavy atom. The van der Waals surface area contributed by atoms with Gasteiger partial charge in [-0.3, -0.25) is 14.4 Å². The van der Waals surface area contributed by atoms with Crippen LogP contribution in [0.1, 0.15) is 31.8 Å². The third kappa shape index (κ3) is 7.46. The van der Waals surface area contributed by atoms with Crippen LogP contribution in [0.2, 0.25) is 0 Å². The smallest absolute Gasteiger partial charge is 0.343 e. The molecule has 39 heavy (non-hydrogen) atoms. The van der Waals surface area contributed by atoms with Crippen LogP contribution in [-0.4, -0.2) is 29.9 Å². The van der Waals surface area contributed by atoms with Crippen LogP contribution in [0.4, 0.5) is 11.4 Å². The van der Waals surface area contributed by atoms with Gasteiger partial charge in [0.2, 0.25) is 0 Å². The highest BCUT2D eigenvalue weighted by Gasteiger charge is 2.18. The molecule has 4 aromatic carbocycles. The number of benzene rings is 4. The number of hydrogen-bond donors (Lipinski definition) is 3. The number of amides is 3. The van der Waals surface area contributed by atoms with Crippen molar-refractivity contribution < 1.29 is 23.9 Å². The summed E-state index contributed by atoms with van der Waals surface area (Å²) in [6.07, 6.45) is 1.33. The highest BCUT2D eigenvalue weighted by Crippen LogP contribution is 2.18. The van der Waals surface area contributed by atoms with Crippen molar-refractivity contribution in [1.29, 1.82) is 0 Å². The van der Waals surface area contributed by atoms with Crippen molar-refractivity contribution in [2.24, 2.45) is 5.10 Å². The van der Waals surface area contributed by atoms with Crippen LogP contribution >= 0.6 is 0 Å². The molecule has 0 heterocycles. The third-order valence-electron chi connectivity index (χ3n) is 5.42. The van der Waals surface area contributed by atoms with Gasteiger partial charge in [0.05, 0.1) is 23.0 Å². The van der Waals surface area contributed by atoms with Gasteiger partial charge in [-0.15, -0.1) is 0 Å². The number of hydrazone groups is 1. The summed E-state index contributed by atoms with van der Waals surface area (Å²) in [7, 11) is 0. The average molecular weight is 521 g/mol. The molecule has 3 N–H and O–H groups in total. The van der Waals surface area contributed by atoms with Gasteiger partial charge in [-0.2, -0.15) is 5.10 Å². The lowest BCUT2D eigenvalue weighted by Crippen LogP contribution is -2.33. The van der Waals surface area contributed by atoms with Gasteiger partial charge in [0, 0.05) is 5.69 Å². The number of anilines is 2. The number of nitrogens with one attached hydrogen (secondary N) is 3. The molecule has 0 fully saturated rings. The molecule has 0 aromatic heterocycles. The van der Waals surface area contributed by atoms with Gasteiger partial charge in [0.1, 0.15) is 5.75 Å². The van der Waals surface area contributed by atoms with Gasteiger partial charge in [-0.25, -0.2) is 10.2 Å². The maximum absolute atomic E-state index is 12.7. The van der Waals surface area contributed by atoms with Crippen molar-refractivity contribution in [3.05, 3.63) is 125 Å². The molecule has 4 aromatic rings. The minimum absolute atomic E-state index is 0.173. The summed E-state index contributed by atoms with van der Waals surface area (Å²) in [5, 5.41) is 8.99. The van der Waals surface area contributed by atoms with Crippen LogP contribution in [0.3, 0.4) is 0 Å². The number of aryl methyl sites for hydroxylation is 1. The molecule has 0 spiro atoms. The number of carbonyl (C=O) groups is 4. The van der Waals surface area contributed by atoms with E-state index in [1.54, 1.807) is 78.9 Å². The van der Waals surface area contributed by atoms with E-state index in [9.17, 15) is 19.2 Å². The first-order chi connectivity index (χ1) is 18.9. The number of hydrogen-bond acceptors (Lipinski definition) is 6. The molecule has 9 nitrogen and oxygen atoms in total. The highest BCUT2D eigenvalue weighted by molar-refractivity contribution is 6.40. The maximum atomic E-state index is 12.7. The number of nitrogens with zero attached hydrogens (tertiary/aromatic N) is 1. The van der Waals surface area contributed by atoms with E-state index in [2.05, 4.69) is 21.2 Å². The number of rotatable bonds is 7. The lowest BCUT2D eigenvalue weighted by molar-refractivity contribution is -0.136. The molecule has 0 saturated heterocycles. The zero-order chi connectivity index (χ0) is 27.6. The maximum Gasteiger partial charge on any atom is 0.343 e. The van der Waals surface area contributed by atoms with E-state index >= 15 is 0 Å². The van der Waals surface area contributed by atoms with Crippen LogP contribution in [-0.2, 0) is 9.59 Å². The molecule has 0 unspecified atom stereocenters. The Balaban J connectivity index is 1.30. The fourth-order valence-electron chi connectivity index (χ4n) is 3.38. The van der Waals surface area contributed by atoms with Crippen molar-refractivity contribution in [3.63, 3.8) is 0 Å². The Kier molecular flexibility index (Phi) is 8.56. The minimum atomic E-state index is -1.02. The summed E-state index contributed by atoms with van der Waals surface area (Å²) < 4.78 is 5.32. The first kappa shape index (κ1) is 26.5. The van der Waals surface area contributed by atoms with Crippen LogP contribution in [0.15, 0.2) is 108 Å². The standard InChI is InChI=1S/C30H24N4O5/c1-20-11-15-23(16-12-20)32-27(35)25-9-5-6-10-26(25)33-28(36)29(37)34-31-19-21-13-17-24(18-14-21)39-30(38)22-7-3-2-4-8-22/h2-19H,1H3,(H,32,35)(H,33,36)(H,34,37). The Labute approximate surface area is 224 Å². The quantitative estimate of drug-likeness (QED) is 0.108. The molecule has 0 aliphatic rings. The predicted molar refractivity (Wildman–Crippen MR) is 148 cm³/mol. The van der Waals surface area contributed by atoms with Crippen molar-refractivity contribution >= 4 is 41.3 Å². The van der Waals surface area contributed by atoms with Gasteiger partial charge < -0.3 is 15.4 Å². The average Bonchev–Trinajstić information content (AvgIpc) is 2.95. The largest absolute Gasteiger partial charge is 0.423 e. The summed E-state index contributed by atoms with van der Waals surface area (Å²) in [6.45, 7) is 1.94. The molecule has 0 radical (unpaired) electrons. The van der Waals surface area contributed by atoms with Gasteiger partial charge in [-0.1, -0.05) is 48.0 Å². The zero-order valence-corrected chi connectivity index (χ0v) is 20.9. The van der Waals surface area contributed by atoms with E-state index in [1.807, 2.05) is 19.1 Å². The topological polar surface area (TPSA) is 126 Å². The van der Waals surface area contributed by atoms with Gasteiger partial charge in [0.15, 0.2) is 0 Å². The summed E-state index contributed by atoms with van der Waals surface area (Å²) in [5.41, 5.74) is 5.18. The molecule has 9 heteroatoms. The summed E-state index contributed by atoms with van der Waals surface area (Å²) in [6, 6.07) is 28.6. The van der Waals surface area contributed by atoms with E-state index in [-0.39, 0.29) is 11.3 Å². The summed E-state index contributed by atoms with van der Waals surface area (Å²) in [4.78, 5) is 49.5. The Morgan fingerprint density at radius 2 is 1.38 bits per heavy atom. The SMILES string of the molecule is Cc1ccc(NC(=O)c2ccccc2NC(=O)C(=O)NN=Cc2ccc(OC(=O)c3ccccc3)cc2)cc1. The number of esters is 1. The molecule has 0 bridgehead atoms. The first-order valence-corrected chi connectivity index (χ1v) is 11.9. The molecular formula is C30H24N4O5. The second kappa shape index (κ2) is 12.6. The fraction of sp³-hybridized carbons (Fsp3) is 0.0333. The molecule has 0 aliphatic carbocycles.